The van der Waals surface area contributed by atoms with E-state index in [1.807, 2.05) is 0 Å². The molecular formula is C19H13F3N4O2S. The molecule has 0 aliphatic rings. The largest absolute Gasteiger partial charge is 0.288 e. The second kappa shape index (κ2) is 7.21. The summed E-state index contributed by atoms with van der Waals surface area (Å²) in [5.41, 5.74) is -0.0449. The molecule has 0 aliphatic carbocycles. The van der Waals surface area contributed by atoms with Gasteiger partial charge in [-0.2, -0.15) is 0 Å². The van der Waals surface area contributed by atoms with E-state index in [0.717, 1.165) is 22.5 Å². The summed E-state index contributed by atoms with van der Waals surface area (Å²) in [6.45, 7) is -0.435. The summed E-state index contributed by atoms with van der Waals surface area (Å²) in [7, 11) is -4.34. The Balaban J connectivity index is 1.90. The van der Waals surface area contributed by atoms with Crippen molar-refractivity contribution in [3.8, 4) is 0 Å². The lowest BCUT2D eigenvalue weighted by Gasteiger charge is -2.25. The molecule has 0 bridgehead atoms. The van der Waals surface area contributed by atoms with E-state index in [1.165, 1.54) is 41.1 Å². The molecule has 0 amide bonds. The number of aromatic nitrogens is 3. The number of rotatable bonds is 5. The third kappa shape index (κ3) is 3.42. The van der Waals surface area contributed by atoms with E-state index in [4.69, 9.17) is 0 Å². The number of fused-ring (bicyclic) bond motifs is 1. The first kappa shape index (κ1) is 18.9. The molecular weight excluding hydrogens is 405 g/mol. The number of nitrogens with zero attached hydrogens (tertiary/aromatic N) is 4. The van der Waals surface area contributed by atoms with Crippen LogP contribution >= 0.6 is 0 Å². The van der Waals surface area contributed by atoms with Crippen LogP contribution in [-0.2, 0) is 16.6 Å². The lowest BCUT2D eigenvalue weighted by atomic mass is 10.2. The number of benzene rings is 2. The quantitative estimate of drug-likeness (QED) is 0.497. The molecule has 2 aromatic heterocycles. The van der Waals surface area contributed by atoms with Crippen LogP contribution in [0.25, 0.3) is 5.65 Å². The van der Waals surface area contributed by atoms with Crippen LogP contribution in [-0.4, -0.2) is 23.0 Å². The molecule has 148 valence electrons. The van der Waals surface area contributed by atoms with Gasteiger partial charge in [-0.25, -0.2) is 21.6 Å². The average molecular weight is 418 g/mol. The smallest absolute Gasteiger partial charge is 0.268 e. The maximum Gasteiger partial charge on any atom is 0.268 e. The van der Waals surface area contributed by atoms with Crippen molar-refractivity contribution in [1.29, 1.82) is 0 Å². The minimum absolute atomic E-state index is 0.0496. The number of hydrogen-bond donors (Lipinski definition) is 0. The lowest BCUT2D eigenvalue weighted by Crippen LogP contribution is -2.31. The monoisotopic (exact) mass is 418 g/mol. The van der Waals surface area contributed by atoms with Gasteiger partial charge in [0.05, 0.1) is 12.2 Å². The Hall–Kier alpha value is -3.40. The Labute approximate surface area is 163 Å². The molecule has 0 saturated carbocycles. The molecule has 29 heavy (non-hydrogen) atoms. The molecule has 6 nitrogen and oxygen atoms in total. The van der Waals surface area contributed by atoms with Crippen LogP contribution in [0.5, 0.6) is 0 Å². The molecule has 0 unspecified atom stereocenters. The van der Waals surface area contributed by atoms with E-state index in [-0.39, 0.29) is 21.8 Å². The van der Waals surface area contributed by atoms with Gasteiger partial charge in [0, 0.05) is 17.8 Å². The molecule has 4 aromatic rings. The average Bonchev–Trinajstić information content (AvgIpc) is 3.18. The highest BCUT2D eigenvalue weighted by atomic mass is 32.2. The van der Waals surface area contributed by atoms with Crippen molar-refractivity contribution in [2.45, 2.75) is 11.4 Å². The fourth-order valence-electron chi connectivity index (χ4n) is 2.88. The van der Waals surface area contributed by atoms with Gasteiger partial charge >= 0.3 is 0 Å². The van der Waals surface area contributed by atoms with Gasteiger partial charge in [-0.3, -0.25) is 8.71 Å². The number of pyridine rings is 1. The Morgan fingerprint density at radius 1 is 0.931 bits per heavy atom. The molecule has 4 rings (SSSR count). The van der Waals surface area contributed by atoms with Crippen molar-refractivity contribution in [1.82, 2.24) is 14.6 Å². The van der Waals surface area contributed by atoms with E-state index >= 15 is 0 Å². The molecule has 0 radical (unpaired) electrons. The van der Waals surface area contributed by atoms with Crippen LogP contribution in [0.1, 0.15) is 5.56 Å². The molecule has 0 spiro atoms. The zero-order valence-corrected chi connectivity index (χ0v) is 15.5. The van der Waals surface area contributed by atoms with Crippen LogP contribution in [0.3, 0.4) is 0 Å². The topological polar surface area (TPSA) is 67.6 Å². The van der Waals surface area contributed by atoms with Gasteiger partial charge in [-0.15, -0.1) is 10.2 Å². The molecule has 0 aliphatic heterocycles. The first-order valence-corrected chi connectivity index (χ1v) is 9.81. The standard InChI is InChI=1S/C19H13F3N4O2S/c20-15-5-2-1-4-13(15)11-26(14-7-8-16(21)17(22)10-14)29(27,28)18-6-3-9-25-12-23-24-19(18)25/h1-10,12H,11H2. The van der Waals surface area contributed by atoms with E-state index < -0.39 is 34.0 Å². The van der Waals surface area contributed by atoms with E-state index in [9.17, 15) is 21.6 Å². The lowest BCUT2D eigenvalue weighted by molar-refractivity contribution is 0.508. The van der Waals surface area contributed by atoms with Crippen molar-refractivity contribution >= 4 is 21.4 Å². The van der Waals surface area contributed by atoms with Gasteiger partial charge in [0.1, 0.15) is 17.0 Å². The zero-order valence-electron chi connectivity index (χ0n) is 14.7. The maximum absolute atomic E-state index is 14.2. The van der Waals surface area contributed by atoms with Gasteiger partial charge in [-0.05, 0) is 30.3 Å². The van der Waals surface area contributed by atoms with Crippen LogP contribution in [0.4, 0.5) is 18.9 Å². The van der Waals surface area contributed by atoms with Gasteiger partial charge in [0.15, 0.2) is 17.3 Å². The van der Waals surface area contributed by atoms with E-state index in [1.54, 1.807) is 12.3 Å². The second-order valence-corrected chi connectivity index (χ2v) is 7.97. The molecule has 2 aromatic carbocycles. The first-order valence-electron chi connectivity index (χ1n) is 8.37. The fraction of sp³-hybridized carbons (Fsp3) is 0.0526. The number of sulfonamides is 1. The minimum Gasteiger partial charge on any atom is -0.288 e. The zero-order chi connectivity index (χ0) is 20.6. The number of halogens is 3. The summed E-state index contributed by atoms with van der Waals surface area (Å²) in [4.78, 5) is -0.210. The third-order valence-corrected chi connectivity index (χ3v) is 6.11. The van der Waals surface area contributed by atoms with Crippen molar-refractivity contribution < 1.29 is 21.6 Å². The van der Waals surface area contributed by atoms with Crippen molar-refractivity contribution in [2.24, 2.45) is 0 Å². The third-order valence-electron chi connectivity index (χ3n) is 4.32. The summed E-state index contributed by atoms with van der Waals surface area (Å²) in [5.74, 6) is -2.98. The Bertz CT molecular complexity index is 1310. The van der Waals surface area contributed by atoms with Crippen LogP contribution in [0.15, 0.2) is 72.0 Å². The Morgan fingerprint density at radius 3 is 2.48 bits per heavy atom. The predicted octanol–water partition coefficient (Wildman–Crippen LogP) is 3.54. The van der Waals surface area contributed by atoms with Crippen molar-refractivity contribution in [2.75, 3.05) is 4.31 Å². The normalized spacial score (nSPS) is 11.7. The number of hydrogen-bond acceptors (Lipinski definition) is 4. The molecule has 10 heteroatoms. The van der Waals surface area contributed by atoms with E-state index in [0.29, 0.717) is 0 Å². The second-order valence-electron chi connectivity index (χ2n) is 6.14. The Morgan fingerprint density at radius 2 is 1.72 bits per heavy atom. The van der Waals surface area contributed by atoms with Crippen LogP contribution in [0.2, 0.25) is 0 Å². The highest BCUT2D eigenvalue weighted by Crippen LogP contribution is 2.29. The van der Waals surface area contributed by atoms with Gasteiger partial charge in [0.2, 0.25) is 0 Å². The summed E-state index contributed by atoms with van der Waals surface area (Å²) in [6, 6.07) is 11.1. The predicted molar refractivity (Wildman–Crippen MR) is 99.1 cm³/mol. The molecule has 2 heterocycles. The summed E-state index contributed by atoms with van der Waals surface area (Å²) in [5, 5.41) is 7.51. The van der Waals surface area contributed by atoms with Crippen molar-refractivity contribution in [3.63, 3.8) is 0 Å². The summed E-state index contributed by atoms with van der Waals surface area (Å²) in [6.07, 6.45) is 2.89. The van der Waals surface area contributed by atoms with Gasteiger partial charge < -0.3 is 0 Å². The minimum atomic E-state index is -4.34. The Kier molecular flexibility index (Phi) is 4.71. The van der Waals surface area contributed by atoms with Crippen LogP contribution < -0.4 is 4.31 Å². The highest BCUT2D eigenvalue weighted by molar-refractivity contribution is 7.93. The fourth-order valence-corrected chi connectivity index (χ4v) is 4.45. The van der Waals surface area contributed by atoms with Gasteiger partial charge in [-0.1, -0.05) is 18.2 Å². The molecule has 0 saturated heterocycles. The van der Waals surface area contributed by atoms with E-state index in [2.05, 4.69) is 10.2 Å². The summed E-state index contributed by atoms with van der Waals surface area (Å²) >= 11 is 0. The summed E-state index contributed by atoms with van der Waals surface area (Å²) < 4.78 is 70.6. The molecule has 0 fully saturated rings. The van der Waals surface area contributed by atoms with Crippen molar-refractivity contribution in [3.05, 3.63) is 90.1 Å². The highest BCUT2D eigenvalue weighted by Gasteiger charge is 2.29. The molecule has 0 N–H and O–H groups in total. The first-order chi connectivity index (χ1) is 13.9. The SMILES string of the molecule is O=S(=O)(c1cccn2cnnc12)N(Cc1ccccc1F)c1ccc(F)c(F)c1. The number of anilines is 1. The molecule has 0 atom stereocenters. The van der Waals surface area contributed by atoms with Gasteiger partial charge in [0.25, 0.3) is 10.0 Å². The maximum atomic E-state index is 14.2. The van der Waals surface area contributed by atoms with Crippen LogP contribution in [0, 0.1) is 17.5 Å².